The van der Waals surface area contributed by atoms with E-state index in [1.54, 1.807) is 12.1 Å². The molecule has 2 heterocycles. The number of carbonyl (C=O) groups excluding carboxylic acids is 2. The van der Waals surface area contributed by atoms with Crippen LogP contribution in [0.25, 0.3) is 0 Å². The minimum atomic E-state index is -0.678. The molecule has 1 aromatic heterocycles. The summed E-state index contributed by atoms with van der Waals surface area (Å²) in [6.07, 6.45) is 0. The van der Waals surface area contributed by atoms with Gasteiger partial charge in [-0.15, -0.1) is 11.3 Å². The van der Waals surface area contributed by atoms with Crippen molar-refractivity contribution in [1.82, 2.24) is 0 Å². The molecule has 2 aromatic carbocycles. The summed E-state index contributed by atoms with van der Waals surface area (Å²) in [6.45, 7) is 4.21. The highest BCUT2D eigenvalue weighted by Gasteiger charge is 2.44. The molecule has 29 heavy (non-hydrogen) atoms. The number of benzene rings is 2. The van der Waals surface area contributed by atoms with Gasteiger partial charge in [0.1, 0.15) is 0 Å². The number of hydrogen-bond donors (Lipinski definition) is 1. The molecular formula is C24H21NO3S. The molecule has 0 radical (unpaired) electrons. The number of anilines is 1. The van der Waals surface area contributed by atoms with E-state index in [2.05, 4.69) is 13.8 Å². The number of ketones is 1. The zero-order valence-corrected chi connectivity index (χ0v) is 17.0. The third-order valence-corrected chi connectivity index (χ3v) is 6.02. The lowest BCUT2D eigenvalue weighted by Crippen LogP contribution is -2.31. The second-order valence-corrected chi connectivity index (χ2v) is 8.25. The van der Waals surface area contributed by atoms with Crippen molar-refractivity contribution in [2.24, 2.45) is 0 Å². The van der Waals surface area contributed by atoms with Crippen LogP contribution in [0.5, 0.6) is 0 Å². The van der Waals surface area contributed by atoms with Gasteiger partial charge < -0.3 is 5.11 Å². The molecule has 1 aliphatic rings. The Hall–Kier alpha value is -3.18. The van der Waals surface area contributed by atoms with E-state index in [1.165, 1.54) is 16.2 Å². The first kappa shape index (κ1) is 19.2. The van der Waals surface area contributed by atoms with E-state index in [4.69, 9.17) is 0 Å². The lowest BCUT2D eigenvalue weighted by Gasteiger charge is -2.27. The lowest BCUT2D eigenvalue weighted by atomic mass is 9.95. The first-order valence-corrected chi connectivity index (χ1v) is 10.4. The summed E-state index contributed by atoms with van der Waals surface area (Å²) in [5, 5.41) is 12.5. The van der Waals surface area contributed by atoms with Crippen molar-refractivity contribution in [1.29, 1.82) is 0 Å². The predicted molar refractivity (Wildman–Crippen MR) is 116 cm³/mol. The van der Waals surface area contributed by atoms with E-state index < -0.39 is 17.7 Å². The van der Waals surface area contributed by atoms with Crippen LogP contribution >= 0.6 is 11.3 Å². The fraction of sp³-hybridized carbons (Fsp3) is 0.167. The highest BCUT2D eigenvalue weighted by molar-refractivity contribution is 7.12. The zero-order valence-electron chi connectivity index (χ0n) is 16.2. The number of rotatable bonds is 5. The molecule has 0 spiro atoms. The van der Waals surface area contributed by atoms with Crippen molar-refractivity contribution in [3.05, 3.63) is 99.4 Å². The smallest absolute Gasteiger partial charge is 0.294 e. The van der Waals surface area contributed by atoms with Crippen molar-refractivity contribution < 1.29 is 14.7 Å². The molecule has 146 valence electrons. The van der Waals surface area contributed by atoms with Crippen LogP contribution in [-0.2, 0) is 4.79 Å². The van der Waals surface area contributed by atoms with E-state index in [-0.39, 0.29) is 11.4 Å². The Kier molecular flexibility index (Phi) is 5.07. The molecule has 4 nitrogen and oxygen atoms in total. The average Bonchev–Trinajstić information content (AvgIpc) is 3.36. The van der Waals surface area contributed by atoms with Crippen LogP contribution in [0.15, 0.2) is 83.4 Å². The van der Waals surface area contributed by atoms with Crippen LogP contribution in [0.3, 0.4) is 0 Å². The number of Topliss-reactive ketones (excluding diaryl/α,β-unsaturated/α-hetero) is 1. The Labute approximate surface area is 173 Å². The monoisotopic (exact) mass is 403 g/mol. The Morgan fingerprint density at radius 3 is 2.28 bits per heavy atom. The molecule has 0 aliphatic carbocycles. The van der Waals surface area contributed by atoms with Gasteiger partial charge >= 0.3 is 0 Å². The molecule has 0 saturated carbocycles. The van der Waals surface area contributed by atoms with Crippen LogP contribution in [0.4, 0.5) is 5.69 Å². The van der Waals surface area contributed by atoms with E-state index in [0.29, 0.717) is 16.5 Å². The highest BCUT2D eigenvalue weighted by atomic mass is 32.1. The average molecular weight is 404 g/mol. The third kappa shape index (κ3) is 3.38. The molecule has 5 heteroatoms. The third-order valence-electron chi connectivity index (χ3n) is 5.15. The van der Waals surface area contributed by atoms with Crippen LogP contribution in [0.2, 0.25) is 0 Å². The summed E-state index contributed by atoms with van der Waals surface area (Å²) in [5.74, 6) is -0.993. The summed E-state index contributed by atoms with van der Waals surface area (Å²) in [4.78, 5) is 28.3. The maximum Gasteiger partial charge on any atom is 0.294 e. The highest BCUT2D eigenvalue weighted by Crippen LogP contribution is 2.42. The number of thiophene rings is 1. The van der Waals surface area contributed by atoms with Gasteiger partial charge in [0.25, 0.3) is 5.91 Å². The van der Waals surface area contributed by atoms with Crippen molar-refractivity contribution in [3.8, 4) is 0 Å². The van der Waals surface area contributed by atoms with E-state index in [1.807, 2.05) is 60.0 Å². The molecule has 1 unspecified atom stereocenters. The van der Waals surface area contributed by atoms with Crippen molar-refractivity contribution >= 4 is 28.7 Å². The summed E-state index contributed by atoms with van der Waals surface area (Å²) in [7, 11) is 0. The second kappa shape index (κ2) is 7.68. The quantitative estimate of drug-likeness (QED) is 0.560. The minimum absolute atomic E-state index is 0.122. The van der Waals surface area contributed by atoms with Crippen molar-refractivity contribution in [3.63, 3.8) is 0 Å². The van der Waals surface area contributed by atoms with Crippen molar-refractivity contribution in [2.45, 2.75) is 25.8 Å². The molecule has 1 N–H and O–H groups in total. The molecule has 4 rings (SSSR count). The van der Waals surface area contributed by atoms with E-state index >= 15 is 0 Å². The molecule has 1 amide bonds. The Balaban J connectivity index is 1.83. The van der Waals surface area contributed by atoms with Crippen LogP contribution in [-0.4, -0.2) is 16.8 Å². The predicted octanol–water partition coefficient (Wildman–Crippen LogP) is 5.65. The number of aliphatic hydroxyl groups is 1. The van der Waals surface area contributed by atoms with Gasteiger partial charge in [-0.05, 0) is 40.6 Å². The number of hydrogen-bond acceptors (Lipinski definition) is 4. The van der Waals surface area contributed by atoms with Gasteiger partial charge in [0.05, 0.1) is 16.5 Å². The molecule has 0 fully saturated rings. The van der Waals surface area contributed by atoms with Gasteiger partial charge in [-0.2, -0.15) is 0 Å². The summed E-state index contributed by atoms with van der Waals surface area (Å²) in [6, 6.07) is 19.9. The maximum absolute atomic E-state index is 13.2. The summed E-state index contributed by atoms with van der Waals surface area (Å²) in [5.41, 5.74) is 2.70. The normalized spacial score (nSPS) is 16.7. The number of amides is 1. The molecular weight excluding hydrogens is 382 g/mol. The van der Waals surface area contributed by atoms with Gasteiger partial charge in [-0.25, -0.2) is 0 Å². The van der Waals surface area contributed by atoms with E-state index in [9.17, 15) is 14.7 Å². The summed E-state index contributed by atoms with van der Waals surface area (Å²) < 4.78 is 0. The Morgan fingerprint density at radius 2 is 1.69 bits per heavy atom. The SMILES string of the molecule is CC(C)c1ccc(N2C(=O)C(O)=C(C(=O)c3cccs3)C2c2ccccc2)cc1. The van der Waals surface area contributed by atoms with Gasteiger partial charge in [-0.1, -0.05) is 62.4 Å². The Bertz CT molecular complexity index is 1070. The minimum Gasteiger partial charge on any atom is -0.503 e. The first-order chi connectivity index (χ1) is 14.0. The van der Waals surface area contributed by atoms with Gasteiger partial charge in [-0.3, -0.25) is 14.5 Å². The zero-order chi connectivity index (χ0) is 20.5. The van der Waals surface area contributed by atoms with Crippen molar-refractivity contribution in [2.75, 3.05) is 4.90 Å². The second-order valence-electron chi connectivity index (χ2n) is 7.30. The van der Waals surface area contributed by atoms with Crippen LogP contribution in [0.1, 0.15) is 46.6 Å². The molecule has 1 aliphatic heterocycles. The largest absolute Gasteiger partial charge is 0.503 e. The number of aliphatic hydroxyl groups excluding tert-OH is 1. The van der Waals surface area contributed by atoms with Crippen LogP contribution < -0.4 is 4.90 Å². The molecule has 1 atom stereocenters. The molecule has 3 aromatic rings. The fourth-order valence-corrected chi connectivity index (χ4v) is 4.29. The summed E-state index contributed by atoms with van der Waals surface area (Å²) >= 11 is 1.30. The molecule has 0 saturated heterocycles. The topological polar surface area (TPSA) is 57.6 Å². The van der Waals surface area contributed by atoms with Gasteiger partial charge in [0.15, 0.2) is 5.76 Å². The van der Waals surface area contributed by atoms with Gasteiger partial charge in [0, 0.05) is 5.69 Å². The maximum atomic E-state index is 13.2. The van der Waals surface area contributed by atoms with Crippen LogP contribution in [0, 0.1) is 0 Å². The number of carbonyl (C=O) groups is 2. The fourth-order valence-electron chi connectivity index (χ4n) is 3.61. The van der Waals surface area contributed by atoms with Gasteiger partial charge in [0.2, 0.25) is 5.78 Å². The first-order valence-electron chi connectivity index (χ1n) is 9.49. The lowest BCUT2D eigenvalue weighted by molar-refractivity contribution is -0.117. The standard InChI is InChI=1S/C24H21NO3S/c1-15(2)16-10-12-18(13-11-16)25-21(17-7-4-3-5-8-17)20(23(27)24(25)28)22(26)19-9-6-14-29-19/h3-15,21,27H,1-2H3. The number of nitrogens with zero attached hydrogens (tertiary/aromatic N) is 1. The Morgan fingerprint density at radius 1 is 1.00 bits per heavy atom. The van der Waals surface area contributed by atoms with E-state index in [0.717, 1.165) is 11.1 Å². The molecule has 0 bridgehead atoms.